The number of nitrogens with zero attached hydrogens (tertiary/aromatic N) is 1. The zero-order chi connectivity index (χ0) is 8.43. The van der Waals surface area contributed by atoms with Crippen LogP contribution in [0.5, 0.6) is 0 Å². The molecule has 2 nitrogen and oxygen atoms in total. The molecule has 1 fully saturated rings. The molecule has 1 heterocycles. The average molecular weight is 155 g/mol. The van der Waals surface area contributed by atoms with E-state index in [-0.39, 0.29) is 0 Å². The maximum atomic E-state index is 10.9. The van der Waals surface area contributed by atoms with E-state index in [4.69, 9.17) is 0 Å². The van der Waals surface area contributed by atoms with E-state index in [0.29, 0.717) is 24.3 Å². The molecule has 64 valence electrons. The Morgan fingerprint density at radius 2 is 2.00 bits per heavy atom. The highest BCUT2D eigenvalue weighted by molar-refractivity contribution is 5.82. The first-order chi connectivity index (χ1) is 5.11. The Balaban J connectivity index is 2.43. The molecule has 0 aromatic heterocycles. The zero-order valence-corrected chi connectivity index (χ0v) is 7.63. The van der Waals surface area contributed by atoms with Crippen molar-refractivity contribution < 1.29 is 4.79 Å². The summed E-state index contributed by atoms with van der Waals surface area (Å²) in [5, 5.41) is 0. The molecule has 0 spiro atoms. The summed E-state index contributed by atoms with van der Waals surface area (Å²) in [5.41, 5.74) is 0. The molecule has 0 aromatic rings. The van der Waals surface area contributed by atoms with Crippen molar-refractivity contribution in [1.82, 2.24) is 4.90 Å². The summed E-state index contributed by atoms with van der Waals surface area (Å²) in [6.07, 6.45) is 0.761. The molecule has 0 radical (unpaired) electrons. The second-order valence-corrected chi connectivity index (χ2v) is 3.74. The lowest BCUT2D eigenvalue weighted by Crippen LogP contribution is -2.34. The number of carbonyl (C=O) groups excluding carboxylic acids is 1. The van der Waals surface area contributed by atoms with Crippen molar-refractivity contribution in [3.63, 3.8) is 0 Å². The predicted octanol–water partition coefficient (Wildman–Crippen LogP) is 1.31. The lowest BCUT2D eigenvalue weighted by atomic mass is 10.1. The standard InChI is InChI=1S/C9H17NO/c1-7(2)8(3)10-5-4-9(11)6-10/h7-8H,4-6H2,1-3H3. The molecule has 0 N–H and O–H groups in total. The summed E-state index contributed by atoms with van der Waals surface area (Å²) < 4.78 is 0. The van der Waals surface area contributed by atoms with Crippen molar-refractivity contribution in [3.8, 4) is 0 Å². The number of Topliss-reactive ketones (excluding diaryl/α,β-unsaturated/α-hetero) is 1. The van der Waals surface area contributed by atoms with Gasteiger partial charge in [-0.3, -0.25) is 9.69 Å². The lowest BCUT2D eigenvalue weighted by molar-refractivity contribution is -0.117. The van der Waals surface area contributed by atoms with Crippen molar-refractivity contribution in [2.45, 2.75) is 33.2 Å². The molecular weight excluding hydrogens is 138 g/mol. The minimum Gasteiger partial charge on any atom is -0.298 e. The molecule has 2 heteroatoms. The van der Waals surface area contributed by atoms with Crippen LogP contribution in [-0.4, -0.2) is 29.8 Å². The summed E-state index contributed by atoms with van der Waals surface area (Å²) in [6, 6.07) is 0.557. The van der Waals surface area contributed by atoms with Crippen LogP contribution in [0.2, 0.25) is 0 Å². The third kappa shape index (κ3) is 2.03. The second kappa shape index (κ2) is 3.35. The Labute approximate surface area is 68.6 Å². The Bertz CT molecular complexity index is 154. The number of rotatable bonds is 2. The van der Waals surface area contributed by atoms with E-state index < -0.39 is 0 Å². The van der Waals surface area contributed by atoms with Gasteiger partial charge < -0.3 is 0 Å². The van der Waals surface area contributed by atoms with Crippen LogP contribution in [0.4, 0.5) is 0 Å². The molecule has 1 saturated heterocycles. The summed E-state index contributed by atoms with van der Waals surface area (Å²) in [4.78, 5) is 13.2. The minimum atomic E-state index is 0.400. The molecule has 1 aliphatic rings. The topological polar surface area (TPSA) is 20.3 Å². The first-order valence-corrected chi connectivity index (χ1v) is 4.37. The van der Waals surface area contributed by atoms with Crippen LogP contribution in [-0.2, 0) is 4.79 Å². The highest BCUT2D eigenvalue weighted by Gasteiger charge is 2.24. The molecule has 0 bridgehead atoms. The number of likely N-dealkylation sites (tertiary alicyclic amines) is 1. The Kier molecular flexibility index (Phi) is 2.66. The highest BCUT2D eigenvalue weighted by atomic mass is 16.1. The maximum Gasteiger partial charge on any atom is 0.148 e. The number of hydrogen-bond acceptors (Lipinski definition) is 2. The first kappa shape index (κ1) is 8.72. The average Bonchev–Trinajstić information content (AvgIpc) is 2.34. The molecule has 0 amide bonds. The van der Waals surface area contributed by atoms with E-state index in [9.17, 15) is 4.79 Å². The van der Waals surface area contributed by atoms with E-state index in [2.05, 4.69) is 25.7 Å². The molecular formula is C9H17NO. The molecule has 1 aliphatic heterocycles. The normalized spacial score (nSPS) is 23.1. The maximum absolute atomic E-state index is 10.9. The first-order valence-electron chi connectivity index (χ1n) is 4.37. The summed E-state index contributed by atoms with van der Waals surface area (Å²) in [5.74, 6) is 1.05. The fraction of sp³-hybridized carbons (Fsp3) is 0.889. The van der Waals surface area contributed by atoms with Gasteiger partial charge in [0, 0.05) is 19.0 Å². The molecule has 0 aliphatic carbocycles. The summed E-state index contributed by atoms with van der Waals surface area (Å²) in [7, 11) is 0. The van der Waals surface area contributed by atoms with Gasteiger partial charge in [-0.15, -0.1) is 0 Å². The van der Waals surface area contributed by atoms with Crippen LogP contribution in [0.25, 0.3) is 0 Å². The van der Waals surface area contributed by atoms with Gasteiger partial charge in [0.15, 0.2) is 0 Å². The van der Waals surface area contributed by atoms with E-state index in [1.165, 1.54) is 0 Å². The monoisotopic (exact) mass is 155 g/mol. The van der Waals surface area contributed by atoms with Gasteiger partial charge in [-0.1, -0.05) is 13.8 Å². The van der Waals surface area contributed by atoms with Gasteiger partial charge in [0.25, 0.3) is 0 Å². The number of ketones is 1. The lowest BCUT2D eigenvalue weighted by Gasteiger charge is -2.26. The molecule has 1 unspecified atom stereocenters. The Morgan fingerprint density at radius 3 is 2.36 bits per heavy atom. The van der Waals surface area contributed by atoms with E-state index in [1.807, 2.05) is 0 Å². The van der Waals surface area contributed by atoms with Gasteiger partial charge in [-0.2, -0.15) is 0 Å². The van der Waals surface area contributed by atoms with Crippen LogP contribution in [0.1, 0.15) is 27.2 Å². The summed E-state index contributed by atoms with van der Waals surface area (Å²) >= 11 is 0. The Hall–Kier alpha value is -0.370. The molecule has 0 aromatic carbocycles. The largest absolute Gasteiger partial charge is 0.298 e. The van der Waals surface area contributed by atoms with Crippen LogP contribution in [0, 0.1) is 5.92 Å². The van der Waals surface area contributed by atoms with Gasteiger partial charge in [0.1, 0.15) is 5.78 Å². The van der Waals surface area contributed by atoms with Crippen LogP contribution in [0.15, 0.2) is 0 Å². The third-order valence-corrected chi connectivity index (χ3v) is 2.60. The van der Waals surface area contributed by atoms with Crippen molar-refractivity contribution in [2.75, 3.05) is 13.1 Å². The zero-order valence-electron chi connectivity index (χ0n) is 7.63. The van der Waals surface area contributed by atoms with E-state index >= 15 is 0 Å². The van der Waals surface area contributed by atoms with Crippen LogP contribution in [0.3, 0.4) is 0 Å². The molecule has 0 saturated carbocycles. The van der Waals surface area contributed by atoms with Crippen molar-refractivity contribution >= 4 is 5.78 Å². The van der Waals surface area contributed by atoms with Crippen molar-refractivity contribution in [3.05, 3.63) is 0 Å². The fourth-order valence-corrected chi connectivity index (χ4v) is 1.42. The predicted molar refractivity (Wildman–Crippen MR) is 45.5 cm³/mol. The number of carbonyl (C=O) groups is 1. The van der Waals surface area contributed by atoms with Crippen LogP contribution >= 0.6 is 0 Å². The highest BCUT2D eigenvalue weighted by Crippen LogP contribution is 2.14. The number of hydrogen-bond donors (Lipinski definition) is 0. The SMILES string of the molecule is CC(C)C(C)N1CCC(=O)C1. The van der Waals surface area contributed by atoms with E-state index in [1.54, 1.807) is 0 Å². The molecule has 11 heavy (non-hydrogen) atoms. The fourth-order valence-electron chi connectivity index (χ4n) is 1.42. The van der Waals surface area contributed by atoms with Crippen LogP contribution < -0.4 is 0 Å². The molecule has 1 atom stereocenters. The van der Waals surface area contributed by atoms with Gasteiger partial charge in [0.2, 0.25) is 0 Å². The minimum absolute atomic E-state index is 0.400. The van der Waals surface area contributed by atoms with Crippen molar-refractivity contribution in [1.29, 1.82) is 0 Å². The van der Waals surface area contributed by atoms with Gasteiger partial charge in [0.05, 0.1) is 6.54 Å². The molecule has 1 rings (SSSR count). The van der Waals surface area contributed by atoms with Crippen molar-refractivity contribution in [2.24, 2.45) is 5.92 Å². The Morgan fingerprint density at radius 1 is 1.36 bits per heavy atom. The third-order valence-electron chi connectivity index (χ3n) is 2.60. The smallest absolute Gasteiger partial charge is 0.148 e. The summed E-state index contributed by atoms with van der Waals surface area (Å²) in [6.45, 7) is 8.25. The second-order valence-electron chi connectivity index (χ2n) is 3.74. The van der Waals surface area contributed by atoms with Gasteiger partial charge in [-0.05, 0) is 12.8 Å². The quantitative estimate of drug-likeness (QED) is 0.599. The van der Waals surface area contributed by atoms with Gasteiger partial charge in [-0.25, -0.2) is 0 Å². The van der Waals surface area contributed by atoms with Gasteiger partial charge >= 0.3 is 0 Å². The van der Waals surface area contributed by atoms with E-state index in [0.717, 1.165) is 13.0 Å².